The molecule has 3 amide bonds. The lowest BCUT2D eigenvalue weighted by molar-refractivity contribution is -0.122. The number of anilines is 1. The van der Waals surface area contributed by atoms with E-state index in [1.165, 1.54) is 4.90 Å². The fourth-order valence-corrected chi connectivity index (χ4v) is 4.38. The van der Waals surface area contributed by atoms with E-state index < -0.39 is 6.04 Å². The van der Waals surface area contributed by atoms with E-state index in [-0.39, 0.29) is 24.1 Å². The van der Waals surface area contributed by atoms with Crippen LogP contribution in [-0.4, -0.2) is 35.2 Å². The minimum Gasteiger partial charge on any atom is -0.326 e. The molecule has 0 aromatic heterocycles. The number of hydrogen-bond acceptors (Lipinski definition) is 3. The van der Waals surface area contributed by atoms with Gasteiger partial charge in [-0.3, -0.25) is 14.4 Å². The molecule has 1 heterocycles. The van der Waals surface area contributed by atoms with Crippen LogP contribution in [0.4, 0.5) is 5.69 Å². The van der Waals surface area contributed by atoms with Crippen molar-refractivity contribution in [3.63, 3.8) is 0 Å². The lowest BCUT2D eigenvalue weighted by Gasteiger charge is -2.28. The molecule has 0 N–H and O–H groups in total. The van der Waals surface area contributed by atoms with Crippen molar-refractivity contribution in [3.8, 4) is 0 Å². The maximum absolute atomic E-state index is 13.6. The Morgan fingerprint density at radius 2 is 1.68 bits per heavy atom. The summed E-state index contributed by atoms with van der Waals surface area (Å²) in [7, 11) is 0. The molecule has 0 saturated carbocycles. The lowest BCUT2D eigenvalue weighted by Crippen LogP contribution is -2.46. The number of imide groups is 1. The second-order valence-electron chi connectivity index (χ2n) is 9.14. The third kappa shape index (κ3) is 4.93. The molecule has 1 saturated heterocycles. The Morgan fingerprint density at radius 3 is 2.32 bits per heavy atom. The van der Waals surface area contributed by atoms with Crippen LogP contribution in [0.1, 0.15) is 53.2 Å². The standard InChI is InChI=1S/C29H30N2O3/c1-20(2)23-12-14-25(15-13-23)31-27(32)19-26(29(31)34)30(17-16-22-9-5-4-6-10-22)28(33)24-11-7-8-21(3)18-24/h4-15,18,20,26H,16-17,19H2,1-3H3. The van der Waals surface area contributed by atoms with Gasteiger partial charge in [0.1, 0.15) is 6.04 Å². The number of hydrogen-bond donors (Lipinski definition) is 0. The number of carbonyl (C=O) groups is 3. The van der Waals surface area contributed by atoms with Gasteiger partial charge >= 0.3 is 0 Å². The molecule has 5 heteroatoms. The van der Waals surface area contributed by atoms with Gasteiger partial charge in [-0.05, 0) is 54.7 Å². The number of rotatable bonds is 7. The largest absolute Gasteiger partial charge is 0.326 e. The number of carbonyl (C=O) groups excluding carboxylic acids is 3. The number of amides is 3. The van der Waals surface area contributed by atoms with Crippen molar-refractivity contribution in [2.75, 3.05) is 11.4 Å². The summed E-state index contributed by atoms with van der Waals surface area (Å²) in [6.45, 7) is 6.47. The van der Waals surface area contributed by atoms with Gasteiger partial charge < -0.3 is 4.90 Å². The minimum atomic E-state index is -0.825. The van der Waals surface area contributed by atoms with Gasteiger partial charge in [0, 0.05) is 12.1 Å². The van der Waals surface area contributed by atoms with E-state index in [9.17, 15) is 14.4 Å². The highest BCUT2D eigenvalue weighted by atomic mass is 16.2. The molecule has 34 heavy (non-hydrogen) atoms. The molecule has 1 aliphatic heterocycles. The third-order valence-electron chi connectivity index (χ3n) is 6.33. The zero-order valence-corrected chi connectivity index (χ0v) is 19.9. The number of benzene rings is 3. The van der Waals surface area contributed by atoms with Crippen LogP contribution in [0.15, 0.2) is 78.9 Å². The summed E-state index contributed by atoms with van der Waals surface area (Å²) in [5.74, 6) is -0.514. The second kappa shape index (κ2) is 10.0. The molecule has 1 atom stereocenters. The molecule has 174 valence electrons. The van der Waals surface area contributed by atoms with Crippen LogP contribution >= 0.6 is 0 Å². The van der Waals surface area contributed by atoms with Gasteiger partial charge in [0.05, 0.1) is 12.1 Å². The maximum Gasteiger partial charge on any atom is 0.257 e. The zero-order chi connectivity index (χ0) is 24.2. The van der Waals surface area contributed by atoms with E-state index in [2.05, 4.69) is 13.8 Å². The van der Waals surface area contributed by atoms with Crippen molar-refractivity contribution in [1.82, 2.24) is 4.90 Å². The van der Waals surface area contributed by atoms with E-state index in [4.69, 9.17) is 0 Å². The summed E-state index contributed by atoms with van der Waals surface area (Å²) in [5.41, 5.74) is 4.25. The molecule has 3 aromatic rings. The summed E-state index contributed by atoms with van der Waals surface area (Å²) in [4.78, 5) is 42.8. The van der Waals surface area contributed by atoms with Crippen LogP contribution in [0.2, 0.25) is 0 Å². The summed E-state index contributed by atoms with van der Waals surface area (Å²) >= 11 is 0. The Morgan fingerprint density at radius 1 is 0.971 bits per heavy atom. The Hall–Kier alpha value is -3.73. The van der Waals surface area contributed by atoms with Gasteiger partial charge in [-0.25, -0.2) is 4.90 Å². The van der Waals surface area contributed by atoms with E-state index in [1.54, 1.807) is 11.0 Å². The second-order valence-corrected chi connectivity index (χ2v) is 9.14. The molecule has 0 spiro atoms. The van der Waals surface area contributed by atoms with Crippen LogP contribution in [0.3, 0.4) is 0 Å². The zero-order valence-electron chi connectivity index (χ0n) is 19.9. The van der Waals surface area contributed by atoms with Crippen molar-refractivity contribution in [3.05, 3.63) is 101 Å². The fraction of sp³-hybridized carbons (Fsp3) is 0.276. The average Bonchev–Trinajstić information content (AvgIpc) is 3.13. The van der Waals surface area contributed by atoms with Crippen LogP contribution in [-0.2, 0) is 16.0 Å². The van der Waals surface area contributed by atoms with Gasteiger partial charge in [0.25, 0.3) is 11.8 Å². The average molecular weight is 455 g/mol. The summed E-state index contributed by atoms with van der Waals surface area (Å²) in [5, 5.41) is 0. The topological polar surface area (TPSA) is 57.7 Å². The molecule has 3 aromatic carbocycles. The normalized spacial score (nSPS) is 15.8. The number of aryl methyl sites for hydroxylation is 1. The Kier molecular flexibility index (Phi) is 6.92. The van der Waals surface area contributed by atoms with Crippen molar-refractivity contribution >= 4 is 23.4 Å². The summed E-state index contributed by atoms with van der Waals surface area (Å²) in [6.07, 6.45) is 0.580. The minimum absolute atomic E-state index is 0.0168. The number of nitrogens with zero attached hydrogens (tertiary/aromatic N) is 2. The molecule has 1 aliphatic rings. The highest BCUT2D eigenvalue weighted by molar-refractivity contribution is 6.23. The molecular formula is C29H30N2O3. The third-order valence-corrected chi connectivity index (χ3v) is 6.33. The summed E-state index contributed by atoms with van der Waals surface area (Å²) in [6, 6.07) is 23.9. The van der Waals surface area contributed by atoms with Crippen molar-refractivity contribution in [1.29, 1.82) is 0 Å². The van der Waals surface area contributed by atoms with Crippen molar-refractivity contribution in [2.24, 2.45) is 0 Å². The molecular weight excluding hydrogens is 424 g/mol. The monoisotopic (exact) mass is 454 g/mol. The Labute approximate surface area is 201 Å². The van der Waals surface area contributed by atoms with Crippen molar-refractivity contribution < 1.29 is 14.4 Å². The van der Waals surface area contributed by atoms with Crippen LogP contribution in [0.5, 0.6) is 0 Å². The van der Waals surface area contributed by atoms with E-state index in [1.807, 2.05) is 79.7 Å². The van der Waals surface area contributed by atoms with E-state index in [0.717, 1.165) is 16.7 Å². The SMILES string of the molecule is Cc1cccc(C(=O)N(CCc2ccccc2)C2CC(=O)N(c3ccc(C(C)C)cc3)C2=O)c1. The molecule has 0 aliphatic carbocycles. The lowest BCUT2D eigenvalue weighted by atomic mass is 10.0. The molecule has 5 nitrogen and oxygen atoms in total. The predicted molar refractivity (Wildman–Crippen MR) is 134 cm³/mol. The van der Waals surface area contributed by atoms with Gasteiger partial charge in [0.2, 0.25) is 5.91 Å². The summed E-state index contributed by atoms with van der Waals surface area (Å²) < 4.78 is 0. The van der Waals surface area contributed by atoms with Gasteiger partial charge in [-0.2, -0.15) is 0 Å². The highest BCUT2D eigenvalue weighted by Crippen LogP contribution is 2.28. The Balaban J connectivity index is 1.62. The first-order valence-corrected chi connectivity index (χ1v) is 11.7. The van der Waals surface area contributed by atoms with Crippen molar-refractivity contribution in [2.45, 2.75) is 45.6 Å². The van der Waals surface area contributed by atoms with Crippen LogP contribution in [0, 0.1) is 6.92 Å². The highest BCUT2D eigenvalue weighted by Gasteiger charge is 2.44. The first kappa shape index (κ1) is 23.4. The van der Waals surface area contributed by atoms with Crippen LogP contribution < -0.4 is 4.90 Å². The van der Waals surface area contributed by atoms with Gasteiger partial charge in [0.15, 0.2) is 0 Å². The first-order valence-electron chi connectivity index (χ1n) is 11.7. The molecule has 4 rings (SSSR count). The van der Waals surface area contributed by atoms with Gasteiger partial charge in [-0.1, -0.05) is 74.0 Å². The molecule has 0 radical (unpaired) electrons. The molecule has 1 fully saturated rings. The van der Waals surface area contributed by atoms with Crippen LogP contribution in [0.25, 0.3) is 0 Å². The predicted octanol–water partition coefficient (Wildman–Crippen LogP) is 5.14. The Bertz CT molecular complexity index is 1190. The van der Waals surface area contributed by atoms with Gasteiger partial charge in [-0.15, -0.1) is 0 Å². The molecule has 0 bridgehead atoms. The van der Waals surface area contributed by atoms with E-state index >= 15 is 0 Å². The van der Waals surface area contributed by atoms with E-state index in [0.29, 0.717) is 30.1 Å². The smallest absolute Gasteiger partial charge is 0.257 e. The maximum atomic E-state index is 13.6. The first-order chi connectivity index (χ1) is 16.3. The molecule has 1 unspecified atom stereocenters. The fourth-order valence-electron chi connectivity index (χ4n) is 4.38. The quantitative estimate of drug-likeness (QED) is 0.465.